The minimum atomic E-state index is -0.465. The SMILES string of the molecule is CN(C)c1ccc(C(=O)N2CCC(c3nnc4n3CCNC4)CC2)c(F)c1. The highest BCUT2D eigenvalue weighted by Gasteiger charge is 2.30. The fourth-order valence-electron chi connectivity index (χ4n) is 3.88. The summed E-state index contributed by atoms with van der Waals surface area (Å²) in [5.41, 5.74) is 0.888. The number of carbonyl (C=O) groups excluding carboxylic acids is 1. The third-order valence-corrected chi connectivity index (χ3v) is 5.50. The van der Waals surface area contributed by atoms with E-state index in [1.165, 1.54) is 6.07 Å². The largest absolute Gasteiger partial charge is 0.378 e. The van der Waals surface area contributed by atoms with Crippen LogP contribution in [0.4, 0.5) is 10.1 Å². The zero-order chi connectivity index (χ0) is 19.0. The maximum atomic E-state index is 14.4. The third kappa shape index (κ3) is 3.41. The lowest BCUT2D eigenvalue weighted by molar-refractivity contribution is 0.0705. The number of nitrogens with zero attached hydrogens (tertiary/aromatic N) is 5. The summed E-state index contributed by atoms with van der Waals surface area (Å²) in [5, 5.41) is 12.0. The van der Waals surface area contributed by atoms with Crippen molar-refractivity contribution in [1.82, 2.24) is 25.0 Å². The first-order valence-corrected chi connectivity index (χ1v) is 9.43. The second-order valence-electron chi connectivity index (χ2n) is 7.43. The summed E-state index contributed by atoms with van der Waals surface area (Å²) in [6, 6.07) is 4.77. The third-order valence-electron chi connectivity index (χ3n) is 5.50. The van der Waals surface area contributed by atoms with Gasteiger partial charge in [-0.15, -0.1) is 10.2 Å². The number of amides is 1. The molecule has 1 N–H and O–H groups in total. The van der Waals surface area contributed by atoms with Crippen molar-refractivity contribution in [3.05, 3.63) is 41.2 Å². The molecule has 1 amide bonds. The number of piperidine rings is 1. The average molecular weight is 372 g/mol. The van der Waals surface area contributed by atoms with Gasteiger partial charge in [-0.2, -0.15) is 0 Å². The molecule has 0 saturated carbocycles. The predicted molar refractivity (Wildman–Crippen MR) is 100 cm³/mol. The lowest BCUT2D eigenvalue weighted by Crippen LogP contribution is -2.39. The predicted octanol–water partition coefficient (Wildman–Crippen LogP) is 1.61. The number of likely N-dealkylation sites (tertiary alicyclic amines) is 1. The van der Waals surface area contributed by atoms with Crippen LogP contribution in [0.3, 0.4) is 0 Å². The van der Waals surface area contributed by atoms with Gasteiger partial charge < -0.3 is 19.7 Å². The number of anilines is 1. The summed E-state index contributed by atoms with van der Waals surface area (Å²) in [7, 11) is 3.70. The van der Waals surface area contributed by atoms with Crippen molar-refractivity contribution in [3.8, 4) is 0 Å². The molecule has 144 valence electrons. The van der Waals surface area contributed by atoms with Crippen LogP contribution >= 0.6 is 0 Å². The van der Waals surface area contributed by atoms with Crippen LogP contribution in [0, 0.1) is 5.82 Å². The van der Waals surface area contributed by atoms with Gasteiger partial charge in [0.15, 0.2) is 0 Å². The molecule has 3 heterocycles. The molecular weight excluding hydrogens is 347 g/mol. The molecule has 0 unspecified atom stereocenters. The van der Waals surface area contributed by atoms with Crippen molar-refractivity contribution in [2.45, 2.75) is 31.8 Å². The highest BCUT2D eigenvalue weighted by atomic mass is 19.1. The van der Waals surface area contributed by atoms with E-state index >= 15 is 0 Å². The summed E-state index contributed by atoms with van der Waals surface area (Å²) >= 11 is 0. The second kappa shape index (κ2) is 7.26. The molecule has 0 spiro atoms. The van der Waals surface area contributed by atoms with Crippen LogP contribution in [-0.4, -0.2) is 59.3 Å². The molecule has 7 nitrogen and oxygen atoms in total. The Morgan fingerprint density at radius 1 is 1.22 bits per heavy atom. The number of nitrogens with one attached hydrogen (secondary N) is 1. The van der Waals surface area contributed by atoms with Gasteiger partial charge in [-0.3, -0.25) is 4.79 Å². The first-order valence-electron chi connectivity index (χ1n) is 9.43. The normalized spacial score (nSPS) is 17.7. The number of aromatic nitrogens is 3. The second-order valence-corrected chi connectivity index (χ2v) is 7.43. The van der Waals surface area contributed by atoms with E-state index in [1.54, 1.807) is 17.0 Å². The number of rotatable bonds is 3. The summed E-state index contributed by atoms with van der Waals surface area (Å²) < 4.78 is 16.6. The van der Waals surface area contributed by atoms with E-state index in [-0.39, 0.29) is 11.5 Å². The van der Waals surface area contributed by atoms with E-state index in [2.05, 4.69) is 20.1 Å². The Bertz CT molecular complexity index is 841. The maximum Gasteiger partial charge on any atom is 0.256 e. The topological polar surface area (TPSA) is 66.3 Å². The molecule has 2 aliphatic rings. The van der Waals surface area contributed by atoms with Gasteiger partial charge in [0.1, 0.15) is 17.5 Å². The Labute approximate surface area is 158 Å². The molecule has 1 aromatic carbocycles. The van der Waals surface area contributed by atoms with Gasteiger partial charge in [-0.05, 0) is 31.0 Å². The first kappa shape index (κ1) is 17.9. The minimum Gasteiger partial charge on any atom is -0.378 e. The number of benzene rings is 1. The van der Waals surface area contributed by atoms with E-state index in [1.807, 2.05) is 19.0 Å². The molecular formula is C19H25FN6O. The summed E-state index contributed by atoms with van der Waals surface area (Å²) in [5.74, 6) is 1.61. The number of carbonyl (C=O) groups is 1. The van der Waals surface area contributed by atoms with Gasteiger partial charge in [-0.1, -0.05) is 0 Å². The molecule has 0 bridgehead atoms. The minimum absolute atomic E-state index is 0.144. The molecule has 27 heavy (non-hydrogen) atoms. The molecule has 1 fully saturated rings. The van der Waals surface area contributed by atoms with Crippen molar-refractivity contribution in [2.75, 3.05) is 38.6 Å². The summed E-state index contributed by atoms with van der Waals surface area (Å²) in [6.07, 6.45) is 1.66. The van der Waals surface area contributed by atoms with Gasteiger partial charge in [-0.25, -0.2) is 4.39 Å². The Hall–Kier alpha value is -2.48. The molecule has 0 aliphatic carbocycles. The molecule has 4 rings (SSSR count). The maximum absolute atomic E-state index is 14.4. The fourth-order valence-corrected chi connectivity index (χ4v) is 3.88. The standard InChI is InChI=1S/C19H25FN6O/c1-24(2)14-3-4-15(16(20)11-14)19(27)25-8-5-13(6-9-25)18-23-22-17-12-21-7-10-26(17)18/h3-4,11,13,21H,5-10,12H2,1-2H3. The van der Waals surface area contributed by atoms with Crippen LogP contribution in [0.1, 0.15) is 40.8 Å². The van der Waals surface area contributed by atoms with Gasteiger partial charge in [0, 0.05) is 51.9 Å². The van der Waals surface area contributed by atoms with Gasteiger partial charge in [0.05, 0.1) is 12.1 Å². The molecule has 8 heteroatoms. The lowest BCUT2D eigenvalue weighted by atomic mass is 9.95. The van der Waals surface area contributed by atoms with Crippen molar-refractivity contribution in [3.63, 3.8) is 0 Å². The Morgan fingerprint density at radius 2 is 2.00 bits per heavy atom. The molecule has 0 radical (unpaired) electrons. The molecule has 1 saturated heterocycles. The van der Waals surface area contributed by atoms with E-state index in [0.29, 0.717) is 19.0 Å². The lowest BCUT2D eigenvalue weighted by Gasteiger charge is -2.32. The number of hydrogen-bond acceptors (Lipinski definition) is 5. The van der Waals surface area contributed by atoms with E-state index in [9.17, 15) is 9.18 Å². The van der Waals surface area contributed by atoms with E-state index < -0.39 is 5.82 Å². The van der Waals surface area contributed by atoms with Crippen LogP contribution < -0.4 is 10.2 Å². The van der Waals surface area contributed by atoms with Crippen molar-refractivity contribution in [1.29, 1.82) is 0 Å². The van der Waals surface area contributed by atoms with Crippen LogP contribution in [0.15, 0.2) is 18.2 Å². The van der Waals surface area contributed by atoms with Gasteiger partial charge >= 0.3 is 0 Å². The molecule has 0 atom stereocenters. The Morgan fingerprint density at radius 3 is 2.70 bits per heavy atom. The van der Waals surface area contributed by atoms with E-state index in [0.717, 1.165) is 49.8 Å². The van der Waals surface area contributed by atoms with Crippen molar-refractivity contribution >= 4 is 11.6 Å². The summed E-state index contributed by atoms with van der Waals surface area (Å²) in [4.78, 5) is 16.3. The number of halogens is 1. The monoisotopic (exact) mass is 372 g/mol. The average Bonchev–Trinajstić information content (AvgIpc) is 3.11. The molecule has 2 aromatic rings. The quantitative estimate of drug-likeness (QED) is 0.887. The highest BCUT2D eigenvalue weighted by Crippen LogP contribution is 2.29. The first-order chi connectivity index (χ1) is 13.0. The van der Waals surface area contributed by atoms with Crippen LogP contribution in [0.5, 0.6) is 0 Å². The summed E-state index contributed by atoms with van der Waals surface area (Å²) in [6.45, 7) is 3.79. The Kier molecular flexibility index (Phi) is 4.82. The zero-order valence-corrected chi connectivity index (χ0v) is 15.8. The van der Waals surface area contributed by atoms with Gasteiger partial charge in [0.25, 0.3) is 5.91 Å². The van der Waals surface area contributed by atoms with Crippen LogP contribution in [0.2, 0.25) is 0 Å². The smallest absolute Gasteiger partial charge is 0.256 e. The van der Waals surface area contributed by atoms with Crippen LogP contribution in [0.25, 0.3) is 0 Å². The van der Waals surface area contributed by atoms with Crippen molar-refractivity contribution < 1.29 is 9.18 Å². The number of hydrogen-bond donors (Lipinski definition) is 1. The van der Waals surface area contributed by atoms with E-state index in [4.69, 9.17) is 0 Å². The number of fused-ring (bicyclic) bond motifs is 1. The van der Waals surface area contributed by atoms with Gasteiger partial charge in [0.2, 0.25) is 0 Å². The molecule has 2 aliphatic heterocycles. The zero-order valence-electron chi connectivity index (χ0n) is 15.8. The van der Waals surface area contributed by atoms with Crippen molar-refractivity contribution in [2.24, 2.45) is 0 Å². The van der Waals surface area contributed by atoms with Crippen LogP contribution in [-0.2, 0) is 13.1 Å². The Balaban J connectivity index is 1.43. The fraction of sp³-hybridized carbons (Fsp3) is 0.526. The highest BCUT2D eigenvalue weighted by molar-refractivity contribution is 5.95. The molecule has 1 aromatic heterocycles.